The average molecular weight is 489 g/mol. The van der Waals surface area contributed by atoms with Gasteiger partial charge in [0.2, 0.25) is 5.91 Å². The lowest BCUT2D eigenvalue weighted by molar-refractivity contribution is -0.137. The fraction of sp³-hybridized carbons (Fsp3) is 0.421. The summed E-state index contributed by atoms with van der Waals surface area (Å²) in [5.41, 5.74) is 0.862. The largest absolute Gasteiger partial charge is 0.339 e. The molecule has 0 saturated carbocycles. The van der Waals surface area contributed by atoms with Crippen LogP contribution in [0.5, 0.6) is 0 Å². The summed E-state index contributed by atoms with van der Waals surface area (Å²) in [6.07, 6.45) is 0.982. The van der Waals surface area contributed by atoms with Crippen LogP contribution in [0.4, 0.5) is 4.39 Å². The molecular formula is C19H22BrFN2O3S2. The standard InChI is InChI=1S/C19H22BrFN2O3S2/c1-13(14-3-5-16(21)6-4-14)22(2)19(24)15-9-11-23(12-10-15)28(25,26)18-8-7-17(20)27-18/h3-8,13,15H,9-12H2,1-2H3. The number of thiophene rings is 1. The van der Waals surface area contributed by atoms with Gasteiger partial charge in [-0.05, 0) is 65.5 Å². The van der Waals surface area contributed by atoms with Crippen molar-refractivity contribution in [3.05, 3.63) is 51.6 Å². The van der Waals surface area contributed by atoms with E-state index in [4.69, 9.17) is 0 Å². The van der Waals surface area contributed by atoms with E-state index in [2.05, 4.69) is 15.9 Å². The second kappa shape index (κ2) is 8.61. The maximum Gasteiger partial charge on any atom is 0.252 e. The smallest absolute Gasteiger partial charge is 0.252 e. The molecule has 0 N–H and O–H groups in total. The van der Waals surface area contributed by atoms with Crippen molar-refractivity contribution < 1.29 is 17.6 Å². The van der Waals surface area contributed by atoms with Gasteiger partial charge >= 0.3 is 0 Å². The van der Waals surface area contributed by atoms with Crippen molar-refractivity contribution in [2.24, 2.45) is 5.92 Å². The summed E-state index contributed by atoms with van der Waals surface area (Å²) < 4.78 is 41.1. The van der Waals surface area contributed by atoms with Crippen molar-refractivity contribution in [2.75, 3.05) is 20.1 Å². The van der Waals surface area contributed by atoms with E-state index < -0.39 is 10.0 Å². The van der Waals surface area contributed by atoms with E-state index in [0.29, 0.717) is 30.1 Å². The zero-order valence-electron chi connectivity index (χ0n) is 15.6. The second-order valence-corrected chi connectivity index (χ2v) is 11.5. The van der Waals surface area contributed by atoms with E-state index in [1.807, 2.05) is 6.92 Å². The minimum Gasteiger partial charge on any atom is -0.339 e. The summed E-state index contributed by atoms with van der Waals surface area (Å²) >= 11 is 4.48. The molecule has 1 atom stereocenters. The first-order chi connectivity index (χ1) is 13.2. The molecule has 3 rings (SSSR count). The van der Waals surface area contributed by atoms with Crippen molar-refractivity contribution in [1.29, 1.82) is 0 Å². The summed E-state index contributed by atoms with van der Waals surface area (Å²) in [4.78, 5) is 14.6. The average Bonchev–Trinajstić information content (AvgIpc) is 3.14. The van der Waals surface area contributed by atoms with E-state index in [9.17, 15) is 17.6 Å². The molecule has 1 amide bonds. The van der Waals surface area contributed by atoms with Crippen molar-refractivity contribution in [3.8, 4) is 0 Å². The lowest BCUT2D eigenvalue weighted by Gasteiger charge is -2.34. The van der Waals surface area contributed by atoms with Gasteiger partial charge in [0, 0.05) is 26.1 Å². The first-order valence-electron chi connectivity index (χ1n) is 8.98. The predicted octanol–water partition coefficient (Wildman–Crippen LogP) is 4.27. The number of hydrogen-bond acceptors (Lipinski definition) is 4. The summed E-state index contributed by atoms with van der Waals surface area (Å²) in [6.45, 7) is 2.55. The molecule has 1 fully saturated rings. The Labute approximate surface area is 177 Å². The number of amides is 1. The Balaban J connectivity index is 1.62. The summed E-state index contributed by atoms with van der Waals surface area (Å²) in [6, 6.07) is 9.26. The molecule has 1 aromatic carbocycles. The van der Waals surface area contributed by atoms with Gasteiger partial charge in [-0.15, -0.1) is 11.3 Å². The number of benzene rings is 1. The fourth-order valence-corrected chi connectivity index (χ4v) is 6.98. The first kappa shape index (κ1) is 21.4. The quantitative estimate of drug-likeness (QED) is 0.631. The van der Waals surface area contributed by atoms with Gasteiger partial charge in [-0.3, -0.25) is 4.79 Å². The lowest BCUT2D eigenvalue weighted by Crippen LogP contribution is -2.43. The number of hydrogen-bond donors (Lipinski definition) is 0. The van der Waals surface area contributed by atoms with Gasteiger partial charge in [-0.25, -0.2) is 12.8 Å². The third-order valence-corrected chi connectivity index (χ3v) is 9.22. The highest BCUT2D eigenvalue weighted by atomic mass is 79.9. The van der Waals surface area contributed by atoms with Crippen LogP contribution in [-0.4, -0.2) is 43.7 Å². The Morgan fingerprint density at radius 3 is 2.36 bits per heavy atom. The number of piperidine rings is 1. The number of halogens is 2. The molecule has 9 heteroatoms. The molecule has 5 nitrogen and oxygen atoms in total. The molecule has 0 aliphatic carbocycles. The normalized spacial score (nSPS) is 17.4. The number of carbonyl (C=O) groups is 1. The van der Waals surface area contributed by atoms with Crippen molar-refractivity contribution >= 4 is 43.2 Å². The van der Waals surface area contributed by atoms with E-state index in [1.54, 1.807) is 36.2 Å². The van der Waals surface area contributed by atoms with Crippen molar-refractivity contribution in [3.63, 3.8) is 0 Å². The topological polar surface area (TPSA) is 57.7 Å². The molecule has 152 valence electrons. The van der Waals surface area contributed by atoms with Gasteiger partial charge in [-0.1, -0.05) is 12.1 Å². The van der Waals surface area contributed by atoms with E-state index in [0.717, 1.165) is 9.35 Å². The molecule has 0 spiro atoms. The lowest BCUT2D eigenvalue weighted by atomic mass is 9.95. The van der Waals surface area contributed by atoms with Crippen molar-refractivity contribution in [1.82, 2.24) is 9.21 Å². The predicted molar refractivity (Wildman–Crippen MR) is 111 cm³/mol. The molecular weight excluding hydrogens is 467 g/mol. The van der Waals surface area contributed by atoms with Gasteiger partial charge in [0.05, 0.1) is 9.83 Å². The van der Waals surface area contributed by atoms with Gasteiger partial charge in [0.1, 0.15) is 10.0 Å². The van der Waals surface area contributed by atoms with Crippen LogP contribution in [-0.2, 0) is 14.8 Å². The second-order valence-electron chi connectivity index (χ2n) is 6.91. The van der Waals surface area contributed by atoms with Crippen LogP contribution in [0.2, 0.25) is 0 Å². The van der Waals surface area contributed by atoms with Crippen molar-refractivity contribution in [2.45, 2.75) is 30.0 Å². The third-order valence-electron chi connectivity index (χ3n) is 5.23. The van der Waals surface area contributed by atoms with E-state index in [1.165, 1.54) is 27.8 Å². The Hall–Kier alpha value is -1.29. The van der Waals surface area contributed by atoms with Crippen LogP contribution in [0.25, 0.3) is 0 Å². The third kappa shape index (κ3) is 4.48. The molecule has 2 heterocycles. The Kier molecular flexibility index (Phi) is 6.58. The Morgan fingerprint density at radius 1 is 1.21 bits per heavy atom. The van der Waals surface area contributed by atoms with Crippen LogP contribution in [0, 0.1) is 11.7 Å². The van der Waals surface area contributed by atoms with E-state index in [-0.39, 0.29) is 23.7 Å². The zero-order valence-corrected chi connectivity index (χ0v) is 18.9. The minimum atomic E-state index is -3.51. The van der Waals surface area contributed by atoms with Crippen LogP contribution < -0.4 is 0 Å². The highest BCUT2D eigenvalue weighted by Gasteiger charge is 2.34. The maximum absolute atomic E-state index is 13.1. The van der Waals surface area contributed by atoms with E-state index >= 15 is 0 Å². The number of sulfonamides is 1. The molecule has 1 aliphatic heterocycles. The summed E-state index contributed by atoms with van der Waals surface area (Å²) in [5, 5.41) is 0. The molecule has 28 heavy (non-hydrogen) atoms. The highest BCUT2D eigenvalue weighted by molar-refractivity contribution is 9.11. The molecule has 1 saturated heterocycles. The number of rotatable bonds is 5. The van der Waals surface area contributed by atoms with Gasteiger partial charge in [0.15, 0.2) is 0 Å². The molecule has 0 bridgehead atoms. The van der Waals surface area contributed by atoms with Crippen LogP contribution in [0.15, 0.2) is 44.4 Å². The van der Waals surface area contributed by atoms with Gasteiger partial charge < -0.3 is 4.90 Å². The first-order valence-corrected chi connectivity index (χ1v) is 12.0. The Morgan fingerprint density at radius 2 is 1.82 bits per heavy atom. The Bertz CT molecular complexity index is 938. The molecule has 1 aliphatic rings. The minimum absolute atomic E-state index is 0.00672. The fourth-order valence-electron chi connectivity index (χ4n) is 3.35. The number of carbonyl (C=O) groups excluding carboxylic acids is 1. The van der Waals surface area contributed by atoms with Crippen LogP contribution in [0.3, 0.4) is 0 Å². The summed E-state index contributed by atoms with van der Waals surface area (Å²) in [7, 11) is -1.77. The van der Waals surface area contributed by atoms with Gasteiger partial charge in [-0.2, -0.15) is 4.31 Å². The number of nitrogens with zero attached hydrogens (tertiary/aromatic N) is 2. The molecule has 0 radical (unpaired) electrons. The highest BCUT2D eigenvalue weighted by Crippen LogP contribution is 2.32. The monoisotopic (exact) mass is 488 g/mol. The molecule has 1 aromatic heterocycles. The summed E-state index contributed by atoms with van der Waals surface area (Å²) in [5.74, 6) is -0.529. The van der Waals surface area contributed by atoms with Gasteiger partial charge in [0.25, 0.3) is 10.0 Å². The zero-order chi connectivity index (χ0) is 20.5. The SMILES string of the molecule is CC(c1ccc(F)cc1)N(C)C(=O)C1CCN(S(=O)(=O)c2ccc(Br)s2)CC1. The van der Waals surface area contributed by atoms with Crippen LogP contribution >= 0.6 is 27.3 Å². The molecule has 1 unspecified atom stereocenters. The maximum atomic E-state index is 13.1. The van der Waals surface area contributed by atoms with Crippen LogP contribution in [0.1, 0.15) is 31.4 Å². The molecule has 2 aromatic rings.